The molecule has 0 aromatic heterocycles. The van der Waals surface area contributed by atoms with Crippen LogP contribution in [0.15, 0.2) is 24.3 Å². The topological polar surface area (TPSA) is 29.3 Å². The second kappa shape index (κ2) is 4.74. The lowest BCUT2D eigenvalue weighted by atomic mass is 9.83. The standard InChI is InChI=1S/C13H19ClN2/c1-16-8-6-13(15,7-9-16)10-11-2-4-12(14)5-3-11/h2-5H,6-10,15H2,1H3. The first-order valence-corrected chi connectivity index (χ1v) is 6.17. The van der Waals surface area contributed by atoms with E-state index in [1.54, 1.807) is 0 Å². The second-order valence-electron chi connectivity index (χ2n) is 4.97. The van der Waals surface area contributed by atoms with E-state index in [1.807, 2.05) is 12.1 Å². The normalized spacial score (nSPS) is 20.9. The maximum Gasteiger partial charge on any atom is 0.0406 e. The zero-order valence-electron chi connectivity index (χ0n) is 9.75. The van der Waals surface area contributed by atoms with Crippen molar-refractivity contribution in [3.8, 4) is 0 Å². The van der Waals surface area contributed by atoms with Crippen LogP contribution in [0.1, 0.15) is 18.4 Å². The molecular weight excluding hydrogens is 220 g/mol. The molecule has 2 rings (SSSR count). The van der Waals surface area contributed by atoms with Crippen LogP contribution in [0.4, 0.5) is 0 Å². The fraction of sp³-hybridized carbons (Fsp3) is 0.538. The van der Waals surface area contributed by atoms with Crippen LogP contribution in [-0.2, 0) is 6.42 Å². The van der Waals surface area contributed by atoms with Crippen LogP contribution in [-0.4, -0.2) is 30.6 Å². The molecule has 2 nitrogen and oxygen atoms in total. The summed E-state index contributed by atoms with van der Waals surface area (Å²) in [5.74, 6) is 0. The molecule has 0 bridgehead atoms. The average molecular weight is 239 g/mol. The molecule has 1 fully saturated rings. The second-order valence-corrected chi connectivity index (χ2v) is 5.41. The van der Waals surface area contributed by atoms with Crippen LogP contribution < -0.4 is 5.73 Å². The highest BCUT2D eigenvalue weighted by Gasteiger charge is 2.29. The summed E-state index contributed by atoms with van der Waals surface area (Å²) in [6, 6.07) is 8.04. The Morgan fingerprint density at radius 2 is 1.81 bits per heavy atom. The predicted octanol–water partition coefficient (Wildman–Crippen LogP) is 2.31. The van der Waals surface area contributed by atoms with E-state index in [0.29, 0.717) is 0 Å². The Morgan fingerprint density at radius 3 is 2.38 bits per heavy atom. The third kappa shape index (κ3) is 2.97. The highest BCUT2D eigenvalue weighted by Crippen LogP contribution is 2.24. The van der Waals surface area contributed by atoms with E-state index in [9.17, 15) is 0 Å². The number of nitrogens with zero attached hydrogens (tertiary/aromatic N) is 1. The van der Waals surface area contributed by atoms with Gasteiger partial charge in [-0.25, -0.2) is 0 Å². The Morgan fingerprint density at radius 1 is 1.25 bits per heavy atom. The van der Waals surface area contributed by atoms with Crippen molar-refractivity contribution < 1.29 is 0 Å². The van der Waals surface area contributed by atoms with Crippen molar-refractivity contribution in [1.29, 1.82) is 0 Å². The van der Waals surface area contributed by atoms with Gasteiger partial charge in [-0.3, -0.25) is 0 Å². The molecule has 1 aliphatic rings. The fourth-order valence-electron chi connectivity index (χ4n) is 2.25. The molecule has 0 aliphatic carbocycles. The van der Waals surface area contributed by atoms with E-state index in [-0.39, 0.29) is 5.54 Å². The molecule has 0 spiro atoms. The molecule has 1 aliphatic heterocycles. The minimum absolute atomic E-state index is 0.0274. The molecular formula is C13H19ClN2. The van der Waals surface area contributed by atoms with Crippen molar-refractivity contribution in [2.75, 3.05) is 20.1 Å². The molecule has 1 saturated heterocycles. The first-order chi connectivity index (χ1) is 7.57. The number of benzene rings is 1. The smallest absolute Gasteiger partial charge is 0.0406 e. The molecule has 1 aromatic rings. The summed E-state index contributed by atoms with van der Waals surface area (Å²) >= 11 is 5.87. The molecule has 0 amide bonds. The van der Waals surface area contributed by atoms with E-state index in [1.165, 1.54) is 5.56 Å². The molecule has 1 heterocycles. The van der Waals surface area contributed by atoms with E-state index >= 15 is 0 Å². The SMILES string of the molecule is CN1CCC(N)(Cc2ccc(Cl)cc2)CC1. The van der Waals surface area contributed by atoms with Gasteiger partial charge in [0.25, 0.3) is 0 Å². The van der Waals surface area contributed by atoms with Crippen LogP contribution in [0.5, 0.6) is 0 Å². The highest BCUT2D eigenvalue weighted by molar-refractivity contribution is 6.30. The highest BCUT2D eigenvalue weighted by atomic mass is 35.5. The van der Waals surface area contributed by atoms with Crippen molar-refractivity contribution in [1.82, 2.24) is 4.90 Å². The van der Waals surface area contributed by atoms with Crippen molar-refractivity contribution in [3.05, 3.63) is 34.9 Å². The zero-order chi connectivity index (χ0) is 11.6. The maximum atomic E-state index is 6.43. The average Bonchev–Trinajstić information content (AvgIpc) is 2.27. The third-order valence-electron chi connectivity index (χ3n) is 3.45. The predicted molar refractivity (Wildman–Crippen MR) is 68.8 cm³/mol. The molecule has 0 saturated carbocycles. The fourth-order valence-corrected chi connectivity index (χ4v) is 2.38. The number of rotatable bonds is 2. The van der Waals surface area contributed by atoms with Crippen LogP contribution in [0.25, 0.3) is 0 Å². The Hall–Kier alpha value is -0.570. The largest absolute Gasteiger partial charge is 0.325 e. The van der Waals surface area contributed by atoms with Crippen molar-refractivity contribution in [2.45, 2.75) is 24.8 Å². The van der Waals surface area contributed by atoms with Gasteiger partial charge in [-0.2, -0.15) is 0 Å². The third-order valence-corrected chi connectivity index (χ3v) is 3.70. The van der Waals surface area contributed by atoms with Gasteiger partial charge in [0.1, 0.15) is 0 Å². The van der Waals surface area contributed by atoms with Crippen LogP contribution in [0.3, 0.4) is 0 Å². The monoisotopic (exact) mass is 238 g/mol. The van der Waals surface area contributed by atoms with Crippen molar-refractivity contribution >= 4 is 11.6 Å². The zero-order valence-corrected chi connectivity index (χ0v) is 10.5. The van der Waals surface area contributed by atoms with E-state index in [2.05, 4.69) is 24.1 Å². The van der Waals surface area contributed by atoms with E-state index < -0.39 is 0 Å². The molecule has 0 radical (unpaired) electrons. The molecule has 88 valence electrons. The lowest BCUT2D eigenvalue weighted by molar-refractivity contribution is 0.190. The molecule has 0 unspecified atom stereocenters. The van der Waals surface area contributed by atoms with Gasteiger partial charge < -0.3 is 10.6 Å². The van der Waals surface area contributed by atoms with E-state index in [4.69, 9.17) is 17.3 Å². The van der Waals surface area contributed by atoms with Crippen molar-refractivity contribution in [3.63, 3.8) is 0 Å². The van der Waals surface area contributed by atoms with Gasteiger partial charge in [0.05, 0.1) is 0 Å². The van der Waals surface area contributed by atoms with Crippen LogP contribution in [0.2, 0.25) is 5.02 Å². The lowest BCUT2D eigenvalue weighted by Gasteiger charge is -2.37. The number of hydrogen-bond acceptors (Lipinski definition) is 2. The number of nitrogens with two attached hydrogens (primary N) is 1. The van der Waals surface area contributed by atoms with Gasteiger partial charge >= 0.3 is 0 Å². The Kier molecular flexibility index (Phi) is 3.53. The number of piperidine rings is 1. The maximum absolute atomic E-state index is 6.43. The van der Waals surface area contributed by atoms with Gasteiger partial charge in [-0.05, 0) is 57.1 Å². The summed E-state index contributed by atoms with van der Waals surface area (Å²) < 4.78 is 0. The molecule has 16 heavy (non-hydrogen) atoms. The summed E-state index contributed by atoms with van der Waals surface area (Å²) in [4.78, 5) is 2.34. The molecule has 2 N–H and O–H groups in total. The van der Waals surface area contributed by atoms with Crippen LogP contribution in [0, 0.1) is 0 Å². The summed E-state index contributed by atoms with van der Waals surface area (Å²) in [6.07, 6.45) is 3.11. The summed E-state index contributed by atoms with van der Waals surface area (Å²) in [5.41, 5.74) is 7.69. The van der Waals surface area contributed by atoms with Gasteiger partial charge in [0.15, 0.2) is 0 Å². The van der Waals surface area contributed by atoms with Gasteiger partial charge in [-0.15, -0.1) is 0 Å². The summed E-state index contributed by atoms with van der Waals surface area (Å²) in [7, 11) is 2.15. The summed E-state index contributed by atoms with van der Waals surface area (Å²) in [5, 5.41) is 0.790. The number of halogens is 1. The minimum atomic E-state index is -0.0274. The van der Waals surface area contributed by atoms with Gasteiger partial charge in [0.2, 0.25) is 0 Å². The Bertz CT molecular complexity index is 339. The van der Waals surface area contributed by atoms with Gasteiger partial charge in [-0.1, -0.05) is 23.7 Å². The lowest BCUT2D eigenvalue weighted by Crippen LogP contribution is -2.50. The Balaban J connectivity index is 2.00. The summed E-state index contributed by atoms with van der Waals surface area (Å²) in [6.45, 7) is 2.20. The number of hydrogen-bond donors (Lipinski definition) is 1. The molecule has 0 atom stereocenters. The molecule has 3 heteroatoms. The first-order valence-electron chi connectivity index (χ1n) is 5.79. The van der Waals surface area contributed by atoms with Gasteiger partial charge in [0, 0.05) is 10.6 Å². The quantitative estimate of drug-likeness (QED) is 0.857. The van der Waals surface area contributed by atoms with E-state index in [0.717, 1.165) is 37.4 Å². The van der Waals surface area contributed by atoms with Crippen LogP contribution >= 0.6 is 11.6 Å². The first kappa shape index (κ1) is 11.9. The molecule has 1 aromatic carbocycles. The Labute approximate surface area is 102 Å². The minimum Gasteiger partial charge on any atom is -0.325 e. The number of likely N-dealkylation sites (tertiary alicyclic amines) is 1. The van der Waals surface area contributed by atoms with Crippen molar-refractivity contribution in [2.24, 2.45) is 5.73 Å².